The molecule has 2 nitrogen and oxygen atoms in total. The van der Waals surface area contributed by atoms with Crippen molar-refractivity contribution in [1.29, 1.82) is 5.26 Å². The molecule has 1 unspecified atom stereocenters. The molecule has 116 valence electrons. The zero-order valence-corrected chi connectivity index (χ0v) is 13.8. The molecule has 1 aliphatic rings. The van der Waals surface area contributed by atoms with Gasteiger partial charge in [0, 0.05) is 11.7 Å². The minimum Gasteiger partial charge on any atom is -0.376 e. The van der Waals surface area contributed by atoms with Crippen LogP contribution < -0.4 is 0 Å². The third kappa shape index (κ3) is 4.48. The maximum Gasteiger partial charge on any atom is 0.0991 e. The van der Waals surface area contributed by atoms with Gasteiger partial charge in [-0.1, -0.05) is 42.5 Å². The number of hydrogen-bond acceptors (Lipinski definition) is 3. The minimum absolute atomic E-state index is 0.492. The maximum atomic E-state index is 8.82. The molecular weight excluding hydrogens is 302 g/mol. The van der Waals surface area contributed by atoms with Gasteiger partial charge in [0.2, 0.25) is 0 Å². The van der Waals surface area contributed by atoms with Crippen LogP contribution in [0.1, 0.15) is 16.7 Å². The predicted molar refractivity (Wildman–Crippen MR) is 95.0 cm³/mol. The number of thioether (sulfide) groups is 1. The van der Waals surface area contributed by atoms with E-state index >= 15 is 0 Å². The first-order valence-corrected chi connectivity index (χ1v) is 8.81. The molecule has 2 aromatic rings. The van der Waals surface area contributed by atoms with Crippen LogP contribution >= 0.6 is 11.8 Å². The second-order valence-electron chi connectivity index (χ2n) is 5.71. The van der Waals surface area contributed by atoms with Gasteiger partial charge in [-0.15, -0.1) is 11.8 Å². The highest BCUT2D eigenvalue weighted by atomic mass is 32.2. The van der Waals surface area contributed by atoms with Gasteiger partial charge in [-0.25, -0.2) is 0 Å². The van der Waals surface area contributed by atoms with Crippen molar-refractivity contribution < 1.29 is 4.74 Å². The molecular formula is C20H19NOS. The molecule has 1 atom stereocenters. The Balaban J connectivity index is 1.56. The van der Waals surface area contributed by atoms with E-state index in [0.717, 1.165) is 25.4 Å². The third-order valence-corrected chi connectivity index (χ3v) is 4.97. The Morgan fingerprint density at radius 2 is 1.87 bits per heavy atom. The SMILES string of the molecule is N#Cc1ccc(CS/C=C2\COCC2Cc2ccccc2)cc1. The molecule has 0 radical (unpaired) electrons. The minimum atomic E-state index is 0.492. The quantitative estimate of drug-likeness (QED) is 0.809. The molecule has 0 aromatic heterocycles. The van der Waals surface area contributed by atoms with E-state index in [1.54, 1.807) is 11.8 Å². The van der Waals surface area contributed by atoms with Crippen molar-refractivity contribution in [2.45, 2.75) is 12.2 Å². The fourth-order valence-electron chi connectivity index (χ4n) is 2.68. The molecule has 0 bridgehead atoms. The van der Waals surface area contributed by atoms with Crippen molar-refractivity contribution in [3.63, 3.8) is 0 Å². The Morgan fingerprint density at radius 1 is 1.09 bits per heavy atom. The largest absolute Gasteiger partial charge is 0.376 e. The average Bonchev–Trinajstić information content (AvgIpc) is 3.03. The lowest BCUT2D eigenvalue weighted by Crippen LogP contribution is -2.06. The second-order valence-corrected chi connectivity index (χ2v) is 6.57. The van der Waals surface area contributed by atoms with E-state index in [0.29, 0.717) is 11.5 Å². The molecule has 0 amide bonds. The highest BCUT2D eigenvalue weighted by Crippen LogP contribution is 2.27. The van der Waals surface area contributed by atoms with Gasteiger partial charge in [0.1, 0.15) is 0 Å². The summed E-state index contributed by atoms with van der Waals surface area (Å²) < 4.78 is 5.66. The third-order valence-electron chi connectivity index (χ3n) is 4.00. The maximum absolute atomic E-state index is 8.82. The van der Waals surface area contributed by atoms with E-state index in [2.05, 4.69) is 41.8 Å². The molecule has 1 fully saturated rings. The van der Waals surface area contributed by atoms with Gasteiger partial charge >= 0.3 is 0 Å². The number of rotatable bonds is 5. The van der Waals surface area contributed by atoms with Crippen LogP contribution in [0.5, 0.6) is 0 Å². The fraction of sp³-hybridized carbons (Fsp3) is 0.250. The summed E-state index contributed by atoms with van der Waals surface area (Å²) in [6, 6.07) is 20.5. The lowest BCUT2D eigenvalue weighted by atomic mass is 9.96. The molecule has 0 spiro atoms. The molecule has 1 aliphatic heterocycles. The summed E-state index contributed by atoms with van der Waals surface area (Å²) in [7, 11) is 0. The normalized spacial score (nSPS) is 18.9. The molecule has 0 N–H and O–H groups in total. The van der Waals surface area contributed by atoms with Crippen molar-refractivity contribution in [2.24, 2.45) is 5.92 Å². The number of nitriles is 1. The van der Waals surface area contributed by atoms with Crippen LogP contribution in [0.4, 0.5) is 0 Å². The van der Waals surface area contributed by atoms with Gasteiger partial charge in [0.25, 0.3) is 0 Å². The van der Waals surface area contributed by atoms with Crippen molar-refractivity contribution in [3.05, 3.63) is 82.3 Å². The summed E-state index contributed by atoms with van der Waals surface area (Å²) in [5, 5.41) is 11.1. The van der Waals surface area contributed by atoms with Crippen molar-refractivity contribution in [1.82, 2.24) is 0 Å². The Morgan fingerprint density at radius 3 is 2.61 bits per heavy atom. The van der Waals surface area contributed by atoms with Crippen LogP contribution in [0.15, 0.2) is 65.6 Å². The number of benzene rings is 2. The average molecular weight is 321 g/mol. The van der Waals surface area contributed by atoms with Gasteiger partial charge in [-0.2, -0.15) is 5.26 Å². The molecule has 1 saturated heterocycles. The number of hydrogen-bond donors (Lipinski definition) is 0. The summed E-state index contributed by atoms with van der Waals surface area (Å²) in [6.07, 6.45) is 1.05. The molecule has 3 heteroatoms. The molecule has 2 aromatic carbocycles. The van der Waals surface area contributed by atoms with Crippen LogP contribution in [-0.4, -0.2) is 13.2 Å². The zero-order chi connectivity index (χ0) is 15.9. The van der Waals surface area contributed by atoms with Gasteiger partial charge in [0.05, 0.1) is 24.8 Å². The second kappa shape index (κ2) is 8.01. The highest BCUT2D eigenvalue weighted by molar-refractivity contribution is 8.01. The van der Waals surface area contributed by atoms with E-state index < -0.39 is 0 Å². The van der Waals surface area contributed by atoms with Gasteiger partial charge < -0.3 is 4.74 Å². The van der Waals surface area contributed by atoms with Gasteiger partial charge in [0.15, 0.2) is 0 Å². The van der Waals surface area contributed by atoms with Crippen LogP contribution in [0.25, 0.3) is 0 Å². The molecule has 0 saturated carbocycles. The van der Waals surface area contributed by atoms with Crippen LogP contribution in [0, 0.1) is 17.2 Å². The Bertz CT molecular complexity index is 701. The van der Waals surface area contributed by atoms with Gasteiger partial charge in [-0.05, 0) is 40.7 Å². The summed E-state index contributed by atoms with van der Waals surface area (Å²) >= 11 is 1.81. The Labute approximate surface area is 141 Å². The van der Waals surface area contributed by atoms with Crippen LogP contribution in [0.3, 0.4) is 0 Å². The Hall–Kier alpha value is -2.02. The summed E-state index contributed by atoms with van der Waals surface area (Å²) in [4.78, 5) is 0. The topological polar surface area (TPSA) is 33.0 Å². The first-order chi connectivity index (χ1) is 11.3. The fourth-order valence-corrected chi connectivity index (χ4v) is 3.63. The summed E-state index contributed by atoms with van der Waals surface area (Å²) in [6.45, 7) is 1.57. The van der Waals surface area contributed by atoms with Crippen LogP contribution in [0.2, 0.25) is 0 Å². The number of nitrogens with zero attached hydrogens (tertiary/aromatic N) is 1. The first-order valence-electron chi connectivity index (χ1n) is 7.76. The van der Waals surface area contributed by atoms with E-state index in [-0.39, 0.29) is 0 Å². The lowest BCUT2D eigenvalue weighted by Gasteiger charge is -2.10. The first kappa shape index (κ1) is 15.9. The van der Waals surface area contributed by atoms with E-state index in [1.165, 1.54) is 16.7 Å². The Kier molecular flexibility index (Phi) is 5.52. The summed E-state index contributed by atoms with van der Waals surface area (Å²) in [5.41, 5.74) is 4.71. The smallest absolute Gasteiger partial charge is 0.0991 e. The van der Waals surface area contributed by atoms with Crippen molar-refractivity contribution >= 4 is 11.8 Å². The number of ether oxygens (including phenoxy) is 1. The standard InChI is InChI=1S/C20H19NOS/c21-11-17-6-8-18(9-7-17)14-23-15-20-13-22-12-19(20)10-16-4-2-1-3-5-16/h1-9,15,19H,10,12-14H2/b20-15+. The summed E-state index contributed by atoms with van der Waals surface area (Å²) in [5.74, 6) is 1.42. The van der Waals surface area contributed by atoms with Crippen LogP contribution in [-0.2, 0) is 16.9 Å². The lowest BCUT2D eigenvalue weighted by molar-refractivity contribution is 0.188. The molecule has 1 heterocycles. The van der Waals surface area contributed by atoms with E-state index in [9.17, 15) is 0 Å². The molecule has 3 rings (SSSR count). The molecule has 0 aliphatic carbocycles. The molecule has 23 heavy (non-hydrogen) atoms. The van der Waals surface area contributed by atoms with E-state index in [1.807, 2.05) is 24.3 Å². The highest BCUT2D eigenvalue weighted by Gasteiger charge is 2.21. The monoisotopic (exact) mass is 321 g/mol. The van der Waals surface area contributed by atoms with E-state index in [4.69, 9.17) is 10.00 Å². The zero-order valence-electron chi connectivity index (χ0n) is 12.9. The van der Waals surface area contributed by atoms with Crippen molar-refractivity contribution in [3.8, 4) is 6.07 Å². The van der Waals surface area contributed by atoms with Crippen molar-refractivity contribution in [2.75, 3.05) is 13.2 Å². The van der Waals surface area contributed by atoms with Gasteiger partial charge in [-0.3, -0.25) is 0 Å². The predicted octanol–water partition coefficient (Wildman–Crippen LogP) is 4.56.